The molecule has 0 unspecified atom stereocenters. The van der Waals surface area contributed by atoms with Crippen LogP contribution < -0.4 is 5.32 Å². The van der Waals surface area contributed by atoms with E-state index in [0.29, 0.717) is 0 Å². The van der Waals surface area contributed by atoms with E-state index in [4.69, 9.17) is 0 Å². The van der Waals surface area contributed by atoms with Crippen LogP contribution >= 0.6 is 0 Å². The Morgan fingerprint density at radius 1 is 1.09 bits per heavy atom. The minimum Gasteiger partial charge on any atom is -0.352 e. The van der Waals surface area contributed by atoms with Gasteiger partial charge in [0.05, 0.1) is 11.4 Å². The van der Waals surface area contributed by atoms with Crippen molar-refractivity contribution in [2.45, 2.75) is 63.1 Å². The number of hydrogen-bond donors (Lipinski definition) is 1. The summed E-state index contributed by atoms with van der Waals surface area (Å²) in [5.74, 6) is -1.42. The van der Waals surface area contributed by atoms with Crippen LogP contribution in [0.1, 0.15) is 43.7 Å². The number of carbonyl (C=O) groups excluding carboxylic acids is 2. The standard InChI is InChI=1S/C25H32FN3O4S/c1-18-12-14-22(15-13-18)34(32,33)28(3)17-24(30)29(16-20-8-4-7-11-23(20)26)19(2)25(31)27-21-9-5-6-10-21/h4,7-8,11-15,19,21H,5-6,9-10,16-17H2,1-3H3,(H,27,31)/t19-/m0/s1. The van der Waals surface area contributed by atoms with Crippen LogP contribution in [0.3, 0.4) is 0 Å². The number of nitrogens with zero attached hydrogens (tertiary/aromatic N) is 2. The van der Waals surface area contributed by atoms with Crippen molar-refractivity contribution in [3.8, 4) is 0 Å². The molecule has 2 amide bonds. The number of benzene rings is 2. The second-order valence-corrected chi connectivity index (χ2v) is 10.9. The Labute approximate surface area is 201 Å². The summed E-state index contributed by atoms with van der Waals surface area (Å²) in [6.07, 6.45) is 3.85. The fourth-order valence-corrected chi connectivity index (χ4v) is 5.16. The molecule has 1 aliphatic carbocycles. The van der Waals surface area contributed by atoms with Crippen LogP contribution in [0.25, 0.3) is 0 Å². The van der Waals surface area contributed by atoms with Crippen LogP contribution in [0.15, 0.2) is 53.4 Å². The number of rotatable bonds is 9. The van der Waals surface area contributed by atoms with Crippen molar-refractivity contribution >= 4 is 21.8 Å². The van der Waals surface area contributed by atoms with Gasteiger partial charge >= 0.3 is 0 Å². The Morgan fingerprint density at radius 3 is 2.32 bits per heavy atom. The van der Waals surface area contributed by atoms with E-state index in [2.05, 4.69) is 5.32 Å². The molecule has 0 spiro atoms. The molecule has 2 aromatic carbocycles. The average Bonchev–Trinajstić information content (AvgIpc) is 3.31. The topological polar surface area (TPSA) is 86.8 Å². The van der Waals surface area contributed by atoms with Crippen molar-refractivity contribution in [3.63, 3.8) is 0 Å². The van der Waals surface area contributed by atoms with Gasteiger partial charge in [-0.2, -0.15) is 4.31 Å². The molecule has 1 fully saturated rings. The van der Waals surface area contributed by atoms with Crippen molar-refractivity contribution in [1.82, 2.24) is 14.5 Å². The van der Waals surface area contributed by atoms with Crippen molar-refractivity contribution in [1.29, 1.82) is 0 Å². The third-order valence-electron chi connectivity index (χ3n) is 6.25. The number of halogens is 1. The summed E-state index contributed by atoms with van der Waals surface area (Å²) < 4.78 is 41.2. The van der Waals surface area contributed by atoms with Crippen LogP contribution in [-0.4, -0.2) is 55.1 Å². The fraction of sp³-hybridized carbons (Fsp3) is 0.440. The first-order valence-electron chi connectivity index (χ1n) is 11.5. The molecule has 0 heterocycles. The zero-order valence-electron chi connectivity index (χ0n) is 19.8. The van der Waals surface area contributed by atoms with Gasteiger partial charge < -0.3 is 10.2 Å². The smallest absolute Gasteiger partial charge is 0.243 e. The second kappa shape index (κ2) is 11.1. The molecule has 0 aromatic heterocycles. The van der Waals surface area contributed by atoms with Gasteiger partial charge in [-0.25, -0.2) is 12.8 Å². The van der Waals surface area contributed by atoms with Gasteiger partial charge in [-0.15, -0.1) is 0 Å². The molecule has 0 radical (unpaired) electrons. The van der Waals surface area contributed by atoms with Crippen molar-refractivity contribution < 1.29 is 22.4 Å². The number of carbonyl (C=O) groups is 2. The van der Waals surface area contributed by atoms with E-state index in [9.17, 15) is 22.4 Å². The highest BCUT2D eigenvalue weighted by molar-refractivity contribution is 7.89. The van der Waals surface area contributed by atoms with Crippen molar-refractivity contribution in [2.75, 3.05) is 13.6 Å². The summed E-state index contributed by atoms with van der Waals surface area (Å²) >= 11 is 0. The number of nitrogens with one attached hydrogen (secondary N) is 1. The molecule has 2 aromatic rings. The Kier molecular flexibility index (Phi) is 8.43. The van der Waals surface area contributed by atoms with Crippen LogP contribution in [0, 0.1) is 12.7 Å². The molecule has 0 saturated heterocycles. The molecule has 1 saturated carbocycles. The van der Waals surface area contributed by atoms with Gasteiger partial charge in [-0.3, -0.25) is 9.59 Å². The van der Waals surface area contributed by atoms with E-state index >= 15 is 0 Å². The summed E-state index contributed by atoms with van der Waals surface area (Å²) in [7, 11) is -2.60. The maximum absolute atomic E-state index is 14.4. The molecule has 1 N–H and O–H groups in total. The SMILES string of the molecule is Cc1ccc(S(=O)(=O)N(C)CC(=O)N(Cc2ccccc2F)[C@@H](C)C(=O)NC2CCCC2)cc1. The Bertz CT molecular complexity index is 1120. The lowest BCUT2D eigenvalue weighted by Crippen LogP contribution is -2.52. The van der Waals surface area contributed by atoms with Gasteiger partial charge in [-0.05, 0) is 44.9 Å². The molecule has 34 heavy (non-hydrogen) atoms. The first-order valence-corrected chi connectivity index (χ1v) is 12.9. The van der Waals surface area contributed by atoms with Crippen LogP contribution in [0.4, 0.5) is 4.39 Å². The number of sulfonamides is 1. The summed E-state index contributed by atoms with van der Waals surface area (Å²) in [6, 6.07) is 11.5. The zero-order valence-corrected chi connectivity index (χ0v) is 20.6. The van der Waals surface area contributed by atoms with E-state index < -0.39 is 34.3 Å². The number of amides is 2. The lowest BCUT2D eigenvalue weighted by Gasteiger charge is -2.31. The van der Waals surface area contributed by atoms with Gasteiger partial charge in [0.15, 0.2) is 0 Å². The third kappa shape index (κ3) is 6.21. The summed E-state index contributed by atoms with van der Waals surface area (Å²) in [6.45, 7) is 2.80. The molecular weight excluding hydrogens is 457 g/mol. The van der Waals surface area contributed by atoms with E-state index in [1.54, 1.807) is 37.3 Å². The monoisotopic (exact) mass is 489 g/mol. The van der Waals surface area contributed by atoms with Gasteiger partial charge in [0.25, 0.3) is 0 Å². The predicted octanol–water partition coefficient (Wildman–Crippen LogP) is 3.23. The maximum Gasteiger partial charge on any atom is 0.243 e. The van der Waals surface area contributed by atoms with Crippen LogP contribution in [0.2, 0.25) is 0 Å². The van der Waals surface area contributed by atoms with Gasteiger partial charge in [-0.1, -0.05) is 48.7 Å². The average molecular weight is 490 g/mol. The molecule has 1 aliphatic rings. The number of likely N-dealkylation sites (N-methyl/N-ethyl adjacent to an activating group) is 1. The molecule has 7 nitrogen and oxygen atoms in total. The molecule has 0 aliphatic heterocycles. The lowest BCUT2D eigenvalue weighted by molar-refractivity contribution is -0.140. The van der Waals surface area contributed by atoms with Crippen molar-refractivity contribution in [2.24, 2.45) is 0 Å². The first kappa shape index (κ1) is 25.8. The fourth-order valence-electron chi connectivity index (χ4n) is 4.04. The lowest BCUT2D eigenvalue weighted by atomic mass is 10.1. The molecule has 184 valence electrons. The predicted molar refractivity (Wildman–Crippen MR) is 128 cm³/mol. The van der Waals surface area contributed by atoms with E-state index in [1.165, 1.54) is 30.1 Å². The third-order valence-corrected chi connectivity index (χ3v) is 8.07. The molecule has 1 atom stereocenters. The van der Waals surface area contributed by atoms with E-state index in [-0.39, 0.29) is 29.0 Å². The normalized spacial score (nSPS) is 15.3. The first-order chi connectivity index (χ1) is 16.1. The highest BCUT2D eigenvalue weighted by Gasteiger charge is 2.31. The molecule has 3 rings (SSSR count). The quantitative estimate of drug-likeness (QED) is 0.586. The highest BCUT2D eigenvalue weighted by atomic mass is 32.2. The Balaban J connectivity index is 1.80. The molecule has 0 bridgehead atoms. The largest absolute Gasteiger partial charge is 0.352 e. The summed E-state index contributed by atoms with van der Waals surface area (Å²) in [4.78, 5) is 27.5. The van der Waals surface area contributed by atoms with E-state index in [0.717, 1.165) is 35.6 Å². The number of aryl methyl sites for hydroxylation is 1. The van der Waals surface area contributed by atoms with Crippen molar-refractivity contribution in [3.05, 3.63) is 65.5 Å². The molecular formula is C25H32FN3O4S. The summed E-state index contributed by atoms with van der Waals surface area (Å²) in [5, 5.41) is 2.97. The van der Waals surface area contributed by atoms with Gasteiger partial charge in [0, 0.05) is 25.2 Å². The van der Waals surface area contributed by atoms with Gasteiger partial charge in [0.1, 0.15) is 11.9 Å². The highest BCUT2D eigenvalue weighted by Crippen LogP contribution is 2.20. The zero-order chi connectivity index (χ0) is 24.9. The van der Waals surface area contributed by atoms with Crippen LogP contribution in [-0.2, 0) is 26.2 Å². The molecule has 9 heteroatoms. The number of hydrogen-bond acceptors (Lipinski definition) is 4. The minimum atomic E-state index is -3.92. The second-order valence-electron chi connectivity index (χ2n) is 8.85. The van der Waals surface area contributed by atoms with Gasteiger partial charge in [0.2, 0.25) is 21.8 Å². The Hall–Kier alpha value is -2.78. The maximum atomic E-state index is 14.4. The minimum absolute atomic E-state index is 0.0601. The van der Waals surface area contributed by atoms with Crippen LogP contribution in [0.5, 0.6) is 0 Å². The van der Waals surface area contributed by atoms with E-state index in [1.807, 2.05) is 6.92 Å². The summed E-state index contributed by atoms with van der Waals surface area (Å²) in [5.41, 5.74) is 1.16. The Morgan fingerprint density at radius 2 is 1.71 bits per heavy atom.